The van der Waals surface area contributed by atoms with Crippen molar-refractivity contribution in [3.8, 4) is 5.75 Å². The number of hydrogen-bond acceptors (Lipinski definition) is 4. The Hall–Kier alpha value is -1.10. The second kappa shape index (κ2) is 8.08. The lowest BCUT2D eigenvalue weighted by molar-refractivity contribution is 0.0536. The van der Waals surface area contributed by atoms with Gasteiger partial charge in [-0.05, 0) is 44.5 Å². The molecule has 0 saturated heterocycles. The lowest BCUT2D eigenvalue weighted by Crippen LogP contribution is -2.21. The van der Waals surface area contributed by atoms with Gasteiger partial charge in [-0.3, -0.25) is 0 Å². The molecule has 0 aromatic heterocycles. The average Bonchev–Trinajstić information content (AvgIpc) is 2.43. The Morgan fingerprint density at radius 1 is 1.28 bits per heavy atom. The maximum Gasteiger partial charge on any atom is 0.119 e. The summed E-state index contributed by atoms with van der Waals surface area (Å²) in [7, 11) is 1.97. The molecule has 0 fully saturated rings. The van der Waals surface area contributed by atoms with Crippen LogP contribution in [0.15, 0.2) is 24.3 Å². The second-order valence-corrected chi connectivity index (χ2v) is 4.52. The van der Waals surface area contributed by atoms with Gasteiger partial charge in [-0.25, -0.2) is 0 Å². The molecule has 0 aliphatic carbocycles. The highest BCUT2D eigenvalue weighted by Crippen LogP contribution is 2.14. The molecule has 1 aromatic rings. The molecule has 2 atom stereocenters. The molecule has 1 aromatic carbocycles. The molecule has 102 valence electrons. The van der Waals surface area contributed by atoms with E-state index in [4.69, 9.17) is 14.9 Å². The van der Waals surface area contributed by atoms with Gasteiger partial charge < -0.3 is 20.3 Å². The Kier molecular flexibility index (Phi) is 6.72. The van der Waals surface area contributed by atoms with Gasteiger partial charge in [0.2, 0.25) is 0 Å². The second-order valence-electron chi connectivity index (χ2n) is 4.52. The van der Waals surface area contributed by atoms with Crippen molar-refractivity contribution in [1.29, 1.82) is 0 Å². The molecule has 4 nitrogen and oxygen atoms in total. The summed E-state index contributed by atoms with van der Waals surface area (Å²) >= 11 is 0. The molecule has 1 rings (SSSR count). The first-order chi connectivity index (χ1) is 8.65. The topological polar surface area (TPSA) is 61.7 Å². The SMILES string of the molecule is CNC(C)CCc1ccc(OCC(O)CO)cc1. The van der Waals surface area contributed by atoms with E-state index in [9.17, 15) is 0 Å². The Morgan fingerprint density at radius 3 is 2.50 bits per heavy atom. The number of rotatable bonds is 8. The molecule has 0 aliphatic rings. The minimum atomic E-state index is -0.818. The Labute approximate surface area is 109 Å². The van der Waals surface area contributed by atoms with Crippen LogP contribution in [0.25, 0.3) is 0 Å². The maximum absolute atomic E-state index is 9.16. The standard InChI is InChI=1S/C14H23NO3/c1-11(15-2)3-4-12-5-7-14(8-6-12)18-10-13(17)9-16/h5-8,11,13,15-17H,3-4,9-10H2,1-2H3. The van der Waals surface area contributed by atoms with Gasteiger partial charge in [0.25, 0.3) is 0 Å². The molecular weight excluding hydrogens is 230 g/mol. The zero-order valence-electron chi connectivity index (χ0n) is 11.1. The zero-order valence-corrected chi connectivity index (χ0v) is 11.1. The summed E-state index contributed by atoms with van der Waals surface area (Å²) in [6.45, 7) is 2.00. The predicted molar refractivity (Wildman–Crippen MR) is 71.9 cm³/mol. The molecule has 4 heteroatoms. The van der Waals surface area contributed by atoms with E-state index < -0.39 is 6.10 Å². The van der Waals surface area contributed by atoms with Crippen LogP contribution in [0.5, 0.6) is 5.75 Å². The quantitative estimate of drug-likeness (QED) is 0.646. The van der Waals surface area contributed by atoms with Crippen molar-refractivity contribution in [3.05, 3.63) is 29.8 Å². The third-order valence-electron chi connectivity index (χ3n) is 2.94. The molecular formula is C14H23NO3. The molecule has 0 heterocycles. The number of nitrogens with one attached hydrogen (secondary N) is 1. The van der Waals surface area contributed by atoms with Gasteiger partial charge in [-0.1, -0.05) is 12.1 Å². The van der Waals surface area contributed by atoms with Crippen LogP contribution in [0.4, 0.5) is 0 Å². The van der Waals surface area contributed by atoms with Crippen LogP contribution in [0.1, 0.15) is 18.9 Å². The van der Waals surface area contributed by atoms with Crippen molar-refractivity contribution < 1.29 is 14.9 Å². The van der Waals surface area contributed by atoms with Gasteiger partial charge in [0.1, 0.15) is 18.5 Å². The summed E-state index contributed by atoms with van der Waals surface area (Å²) in [5.41, 5.74) is 1.27. The molecule has 0 bridgehead atoms. The monoisotopic (exact) mass is 253 g/mol. The number of benzene rings is 1. The minimum Gasteiger partial charge on any atom is -0.491 e. The van der Waals surface area contributed by atoms with E-state index >= 15 is 0 Å². The van der Waals surface area contributed by atoms with Crippen molar-refractivity contribution in [3.63, 3.8) is 0 Å². The molecule has 3 N–H and O–H groups in total. The predicted octanol–water partition coefficient (Wildman–Crippen LogP) is 0.959. The molecule has 2 unspecified atom stereocenters. The van der Waals surface area contributed by atoms with Gasteiger partial charge in [0.05, 0.1) is 6.61 Å². The lowest BCUT2D eigenvalue weighted by atomic mass is 10.1. The Balaban J connectivity index is 2.37. The number of aliphatic hydroxyl groups is 2. The highest BCUT2D eigenvalue weighted by molar-refractivity contribution is 5.27. The minimum absolute atomic E-state index is 0.118. The molecule has 0 aliphatic heterocycles. The van der Waals surface area contributed by atoms with Gasteiger partial charge in [-0.2, -0.15) is 0 Å². The lowest BCUT2D eigenvalue weighted by Gasteiger charge is -2.11. The normalized spacial score (nSPS) is 14.2. The van der Waals surface area contributed by atoms with Gasteiger partial charge >= 0.3 is 0 Å². The molecule has 0 radical (unpaired) electrons. The van der Waals surface area contributed by atoms with Crippen molar-refractivity contribution in [2.75, 3.05) is 20.3 Å². The smallest absolute Gasteiger partial charge is 0.119 e. The van der Waals surface area contributed by atoms with Crippen LogP contribution in [-0.4, -0.2) is 42.6 Å². The van der Waals surface area contributed by atoms with Crippen molar-refractivity contribution in [2.45, 2.75) is 31.9 Å². The molecule has 0 amide bonds. The van der Waals surface area contributed by atoms with Crippen LogP contribution in [0.3, 0.4) is 0 Å². The van der Waals surface area contributed by atoms with E-state index in [2.05, 4.69) is 12.2 Å². The van der Waals surface area contributed by atoms with Gasteiger partial charge in [0.15, 0.2) is 0 Å². The Bertz CT molecular complexity index is 293. The van der Waals surface area contributed by atoms with Gasteiger partial charge in [0, 0.05) is 6.04 Å². The summed E-state index contributed by atoms with van der Waals surface area (Å²) in [6.07, 6.45) is 1.31. The fourth-order valence-electron chi connectivity index (χ4n) is 1.52. The highest BCUT2D eigenvalue weighted by Gasteiger charge is 2.03. The number of ether oxygens (including phenoxy) is 1. The van der Waals surface area contributed by atoms with Crippen LogP contribution in [0.2, 0.25) is 0 Å². The van der Waals surface area contributed by atoms with E-state index in [0.29, 0.717) is 11.8 Å². The van der Waals surface area contributed by atoms with E-state index in [1.54, 1.807) is 0 Å². The van der Waals surface area contributed by atoms with Crippen molar-refractivity contribution >= 4 is 0 Å². The Morgan fingerprint density at radius 2 is 1.94 bits per heavy atom. The van der Waals surface area contributed by atoms with Crippen LogP contribution in [-0.2, 0) is 6.42 Å². The van der Waals surface area contributed by atoms with Crippen LogP contribution >= 0.6 is 0 Å². The van der Waals surface area contributed by atoms with E-state index in [1.165, 1.54) is 5.56 Å². The molecule has 18 heavy (non-hydrogen) atoms. The summed E-state index contributed by atoms with van der Waals surface area (Å²) in [6, 6.07) is 8.36. The first kappa shape index (κ1) is 15.0. The number of hydrogen-bond donors (Lipinski definition) is 3. The fourth-order valence-corrected chi connectivity index (χ4v) is 1.52. The van der Waals surface area contributed by atoms with E-state index in [0.717, 1.165) is 12.8 Å². The third kappa shape index (κ3) is 5.49. The van der Waals surface area contributed by atoms with E-state index in [1.807, 2.05) is 31.3 Å². The largest absolute Gasteiger partial charge is 0.491 e. The van der Waals surface area contributed by atoms with Crippen molar-refractivity contribution in [2.24, 2.45) is 0 Å². The summed E-state index contributed by atoms with van der Waals surface area (Å²) in [5.74, 6) is 0.716. The average molecular weight is 253 g/mol. The highest BCUT2D eigenvalue weighted by atomic mass is 16.5. The third-order valence-corrected chi connectivity index (χ3v) is 2.94. The van der Waals surface area contributed by atoms with Crippen molar-refractivity contribution in [1.82, 2.24) is 5.32 Å². The first-order valence-electron chi connectivity index (χ1n) is 6.33. The molecule has 0 saturated carbocycles. The van der Waals surface area contributed by atoms with Crippen LogP contribution in [0, 0.1) is 0 Å². The number of aryl methyl sites for hydroxylation is 1. The summed E-state index contributed by atoms with van der Waals surface area (Å²) in [5, 5.41) is 21.0. The van der Waals surface area contributed by atoms with E-state index in [-0.39, 0.29) is 13.2 Å². The number of aliphatic hydroxyl groups excluding tert-OH is 2. The maximum atomic E-state index is 9.16. The summed E-state index contributed by atoms with van der Waals surface area (Å²) < 4.78 is 5.34. The van der Waals surface area contributed by atoms with Gasteiger partial charge in [-0.15, -0.1) is 0 Å². The zero-order chi connectivity index (χ0) is 13.4. The van der Waals surface area contributed by atoms with Crippen LogP contribution < -0.4 is 10.1 Å². The molecule has 0 spiro atoms. The fraction of sp³-hybridized carbons (Fsp3) is 0.571. The summed E-state index contributed by atoms with van der Waals surface area (Å²) in [4.78, 5) is 0. The first-order valence-corrected chi connectivity index (χ1v) is 6.33.